The molecule has 0 spiro atoms. The normalized spacial score (nSPS) is 9.20. The van der Waals surface area contributed by atoms with E-state index in [-0.39, 0.29) is 29.6 Å². The number of aromatic nitrogens is 1. The molecular weight excluding hydrogens is 153 g/mol. The molecule has 0 bridgehead atoms. The van der Waals surface area contributed by atoms with Gasteiger partial charge in [-0.1, -0.05) is 12.1 Å². The Morgan fingerprint density at radius 3 is 2.80 bits per heavy atom. The van der Waals surface area contributed by atoms with Crippen LogP contribution in [0.5, 0.6) is 0 Å². The van der Waals surface area contributed by atoms with Crippen molar-refractivity contribution < 1.29 is 29.6 Å². The third-order valence-corrected chi connectivity index (χ3v) is 2.05. The Bertz CT molecular complexity index is 288. The standard InChI is InChI=1S/C7H5NS.Na/c1-2-4-7-6(3-1)8-5-9-7;/h1-5H;/q;+1. The first-order valence-electron chi connectivity index (χ1n) is 2.75. The number of thiazole rings is 1. The molecule has 0 unspecified atom stereocenters. The molecule has 1 aromatic carbocycles. The van der Waals surface area contributed by atoms with E-state index in [0.717, 1.165) is 5.52 Å². The fourth-order valence-electron chi connectivity index (χ4n) is 0.803. The monoisotopic (exact) mass is 158 g/mol. The Morgan fingerprint density at radius 2 is 2.00 bits per heavy atom. The first-order valence-corrected chi connectivity index (χ1v) is 3.63. The molecule has 0 saturated heterocycles. The fourth-order valence-corrected chi connectivity index (χ4v) is 1.48. The van der Waals surface area contributed by atoms with Crippen molar-refractivity contribution in [3.8, 4) is 0 Å². The molecule has 2 rings (SSSR count). The molecule has 0 amide bonds. The van der Waals surface area contributed by atoms with E-state index in [4.69, 9.17) is 0 Å². The van der Waals surface area contributed by atoms with E-state index in [1.165, 1.54) is 4.70 Å². The zero-order chi connectivity index (χ0) is 6.10. The maximum atomic E-state index is 4.14. The Hall–Kier alpha value is 0.110. The van der Waals surface area contributed by atoms with Crippen LogP contribution in [-0.2, 0) is 0 Å². The second kappa shape index (κ2) is 3.49. The zero-order valence-corrected chi connectivity index (χ0v) is 8.56. The summed E-state index contributed by atoms with van der Waals surface area (Å²) >= 11 is 1.68. The van der Waals surface area contributed by atoms with Crippen LogP contribution in [0.2, 0.25) is 0 Å². The molecule has 0 N–H and O–H groups in total. The molecule has 44 valence electrons. The van der Waals surface area contributed by atoms with Crippen LogP contribution < -0.4 is 29.6 Å². The largest absolute Gasteiger partial charge is 1.00 e. The number of nitrogens with zero attached hydrogens (tertiary/aromatic N) is 1. The minimum absolute atomic E-state index is 0. The van der Waals surface area contributed by atoms with Gasteiger partial charge in [-0.15, -0.1) is 11.3 Å². The molecule has 1 heterocycles. The smallest absolute Gasteiger partial charge is 0.245 e. The van der Waals surface area contributed by atoms with Gasteiger partial charge in [-0.2, -0.15) is 0 Å². The summed E-state index contributed by atoms with van der Waals surface area (Å²) in [6.45, 7) is 0. The molecule has 0 atom stereocenters. The Morgan fingerprint density at radius 1 is 1.20 bits per heavy atom. The van der Waals surface area contributed by atoms with Crippen molar-refractivity contribution in [1.29, 1.82) is 0 Å². The van der Waals surface area contributed by atoms with E-state index in [2.05, 4.69) is 11.1 Å². The van der Waals surface area contributed by atoms with Gasteiger partial charge in [0.15, 0.2) is 0 Å². The van der Waals surface area contributed by atoms with Crippen LogP contribution in [0.3, 0.4) is 0 Å². The number of benzene rings is 1. The molecule has 0 radical (unpaired) electrons. The third-order valence-electron chi connectivity index (χ3n) is 1.24. The summed E-state index contributed by atoms with van der Waals surface area (Å²) in [5.74, 6) is 0. The van der Waals surface area contributed by atoms with Gasteiger partial charge in [-0.25, -0.2) is 4.98 Å². The predicted molar refractivity (Wildman–Crippen MR) is 39.6 cm³/mol. The van der Waals surface area contributed by atoms with Gasteiger partial charge < -0.3 is 0 Å². The molecule has 0 saturated carbocycles. The fraction of sp³-hybridized carbons (Fsp3) is 0. The van der Waals surface area contributed by atoms with Crippen LogP contribution in [0.1, 0.15) is 0 Å². The van der Waals surface area contributed by atoms with Gasteiger partial charge in [-0.3, -0.25) is 0 Å². The molecule has 3 heteroatoms. The molecule has 2 aromatic rings. The Kier molecular flexibility index (Phi) is 2.86. The number of fused-ring (bicyclic) bond motifs is 1. The van der Waals surface area contributed by atoms with Crippen molar-refractivity contribution >= 4 is 21.6 Å². The summed E-state index contributed by atoms with van der Waals surface area (Å²) in [5.41, 5.74) is 2.97. The average molecular weight is 158 g/mol. The first kappa shape index (κ1) is 8.21. The van der Waals surface area contributed by atoms with E-state index >= 15 is 0 Å². The summed E-state index contributed by atoms with van der Waals surface area (Å²) in [6, 6.07) is 8.13. The van der Waals surface area contributed by atoms with Crippen molar-refractivity contribution in [3.63, 3.8) is 0 Å². The maximum Gasteiger partial charge on any atom is 1.00 e. The molecule has 0 aliphatic rings. The number of hydrogen-bond donors (Lipinski definition) is 0. The molecule has 1 nitrogen and oxygen atoms in total. The number of rotatable bonds is 0. The first-order chi connectivity index (χ1) is 4.47. The van der Waals surface area contributed by atoms with Crippen molar-refractivity contribution in [2.45, 2.75) is 0 Å². The zero-order valence-electron chi connectivity index (χ0n) is 5.74. The van der Waals surface area contributed by atoms with Gasteiger partial charge in [0.05, 0.1) is 15.7 Å². The van der Waals surface area contributed by atoms with Crippen LogP contribution in [0.4, 0.5) is 0 Å². The molecular formula is C7H5NNaS+. The van der Waals surface area contributed by atoms with E-state index in [0.29, 0.717) is 0 Å². The minimum Gasteiger partial charge on any atom is -0.245 e. The number of hydrogen-bond acceptors (Lipinski definition) is 2. The van der Waals surface area contributed by atoms with Gasteiger partial charge in [0.25, 0.3) is 0 Å². The quantitative estimate of drug-likeness (QED) is 0.462. The second-order valence-corrected chi connectivity index (χ2v) is 2.71. The Labute approximate surface area is 85.4 Å². The van der Waals surface area contributed by atoms with Crippen molar-refractivity contribution in [2.75, 3.05) is 0 Å². The molecule has 10 heavy (non-hydrogen) atoms. The van der Waals surface area contributed by atoms with Crippen LogP contribution >= 0.6 is 11.3 Å². The van der Waals surface area contributed by atoms with E-state index in [1.54, 1.807) is 11.3 Å². The average Bonchev–Trinajstić information content (AvgIpc) is 2.33. The van der Waals surface area contributed by atoms with Gasteiger partial charge >= 0.3 is 29.6 Å². The summed E-state index contributed by atoms with van der Waals surface area (Å²) in [4.78, 5) is 4.14. The van der Waals surface area contributed by atoms with E-state index < -0.39 is 0 Å². The molecule has 0 aliphatic heterocycles. The van der Waals surface area contributed by atoms with E-state index in [9.17, 15) is 0 Å². The van der Waals surface area contributed by atoms with Crippen LogP contribution in [-0.4, -0.2) is 4.98 Å². The van der Waals surface area contributed by atoms with Gasteiger partial charge in [-0.05, 0) is 12.1 Å². The Balaban J connectivity index is 0.000000500. The summed E-state index contributed by atoms with van der Waals surface area (Å²) in [7, 11) is 0. The topological polar surface area (TPSA) is 12.9 Å². The van der Waals surface area contributed by atoms with Crippen molar-refractivity contribution in [1.82, 2.24) is 4.98 Å². The van der Waals surface area contributed by atoms with Crippen molar-refractivity contribution in [3.05, 3.63) is 29.8 Å². The molecule has 0 aliphatic carbocycles. The molecule has 1 aromatic heterocycles. The van der Waals surface area contributed by atoms with Crippen LogP contribution in [0.15, 0.2) is 29.8 Å². The van der Waals surface area contributed by atoms with Crippen molar-refractivity contribution in [2.24, 2.45) is 0 Å². The van der Waals surface area contributed by atoms with Gasteiger partial charge in [0, 0.05) is 0 Å². The van der Waals surface area contributed by atoms with Crippen LogP contribution in [0, 0.1) is 0 Å². The summed E-state index contributed by atoms with van der Waals surface area (Å²) < 4.78 is 1.26. The SMILES string of the molecule is [Na+].c1ccc2scnc2c1. The van der Waals surface area contributed by atoms with Gasteiger partial charge in [0.1, 0.15) is 0 Å². The summed E-state index contributed by atoms with van der Waals surface area (Å²) in [5, 5.41) is 0. The summed E-state index contributed by atoms with van der Waals surface area (Å²) in [6.07, 6.45) is 0. The van der Waals surface area contributed by atoms with Gasteiger partial charge in [0.2, 0.25) is 0 Å². The maximum absolute atomic E-state index is 4.14. The minimum atomic E-state index is 0. The van der Waals surface area contributed by atoms with E-state index in [1.807, 2.05) is 23.7 Å². The third kappa shape index (κ3) is 1.40. The molecule has 0 fully saturated rings. The predicted octanol–water partition coefficient (Wildman–Crippen LogP) is -0.700. The van der Waals surface area contributed by atoms with Crippen LogP contribution in [0.25, 0.3) is 10.2 Å². The second-order valence-electron chi connectivity index (χ2n) is 1.82. The number of para-hydroxylation sites is 1.